The molecule has 0 spiro atoms. The van der Waals surface area contributed by atoms with Crippen LogP contribution in [0, 0.1) is 5.82 Å². The Morgan fingerprint density at radius 1 is 1.19 bits per heavy atom. The van der Waals surface area contributed by atoms with Gasteiger partial charge in [0.2, 0.25) is 5.91 Å². The Labute approximate surface area is 161 Å². The van der Waals surface area contributed by atoms with E-state index in [-0.39, 0.29) is 24.0 Å². The molecular weight excluding hydrogens is 369 g/mol. The third-order valence-electron chi connectivity index (χ3n) is 3.90. The molecule has 7 heteroatoms. The molecule has 0 radical (unpaired) electrons. The maximum absolute atomic E-state index is 13.0. The fraction of sp³-hybridized carbons (Fsp3) is 0.200. The summed E-state index contributed by atoms with van der Waals surface area (Å²) in [6, 6.07) is 13.8. The molecule has 0 aliphatic carbocycles. The molecule has 1 amide bonds. The van der Waals surface area contributed by atoms with E-state index in [1.54, 1.807) is 6.20 Å². The molecule has 1 N–H and O–H groups in total. The highest BCUT2D eigenvalue weighted by Crippen LogP contribution is 2.24. The highest BCUT2D eigenvalue weighted by Gasteiger charge is 2.06. The summed E-state index contributed by atoms with van der Waals surface area (Å²) < 4.78 is 20.2. The predicted molar refractivity (Wildman–Crippen MR) is 101 cm³/mol. The number of nitrogens with zero attached hydrogens (tertiary/aromatic N) is 2. The summed E-state index contributed by atoms with van der Waals surface area (Å²) in [4.78, 5) is 11.9. The lowest BCUT2D eigenvalue weighted by molar-refractivity contribution is -0.121. The van der Waals surface area contributed by atoms with Gasteiger partial charge >= 0.3 is 0 Å². The highest BCUT2D eigenvalue weighted by atomic mass is 35.5. The standard InChI is InChI=1S/C20H19ClFN3O2/c21-18-12-17(22)6-7-19(18)27-11-8-20(26)23-13-15-2-4-16(5-3-15)14-25-10-1-9-24-25/h1-7,9-10,12H,8,11,13-14H2,(H,23,26). The summed E-state index contributed by atoms with van der Waals surface area (Å²) in [5.74, 6) is -0.201. The zero-order valence-corrected chi connectivity index (χ0v) is 15.3. The number of hydrogen-bond acceptors (Lipinski definition) is 3. The van der Waals surface area contributed by atoms with Gasteiger partial charge in [-0.25, -0.2) is 4.39 Å². The Hall–Kier alpha value is -2.86. The van der Waals surface area contributed by atoms with Crippen LogP contribution in [-0.2, 0) is 17.9 Å². The largest absolute Gasteiger partial charge is 0.491 e. The number of halogens is 2. The van der Waals surface area contributed by atoms with Crippen molar-refractivity contribution in [3.63, 3.8) is 0 Å². The van der Waals surface area contributed by atoms with E-state index < -0.39 is 5.82 Å². The van der Waals surface area contributed by atoms with Gasteiger partial charge in [0.25, 0.3) is 0 Å². The average Bonchev–Trinajstić information content (AvgIpc) is 3.16. The smallest absolute Gasteiger partial charge is 0.223 e. The van der Waals surface area contributed by atoms with Crippen molar-refractivity contribution in [2.24, 2.45) is 0 Å². The zero-order chi connectivity index (χ0) is 19.1. The van der Waals surface area contributed by atoms with Gasteiger partial charge in [0.05, 0.1) is 24.6 Å². The monoisotopic (exact) mass is 387 g/mol. The minimum absolute atomic E-state index is 0.131. The van der Waals surface area contributed by atoms with Crippen molar-refractivity contribution in [2.45, 2.75) is 19.5 Å². The first kappa shape index (κ1) is 18.9. The second kappa shape index (κ2) is 9.19. The number of ether oxygens (including phenoxy) is 1. The molecule has 2 aromatic carbocycles. The summed E-state index contributed by atoms with van der Waals surface area (Å²) in [7, 11) is 0. The molecular formula is C20H19ClFN3O2. The van der Waals surface area contributed by atoms with Crippen LogP contribution in [0.5, 0.6) is 5.75 Å². The molecule has 0 fully saturated rings. The number of rotatable bonds is 8. The maximum atomic E-state index is 13.0. The molecule has 0 saturated heterocycles. The lowest BCUT2D eigenvalue weighted by Crippen LogP contribution is -2.24. The van der Waals surface area contributed by atoms with E-state index in [1.807, 2.05) is 41.2 Å². The second-order valence-corrected chi connectivity index (χ2v) is 6.38. The molecule has 0 unspecified atom stereocenters. The number of aromatic nitrogens is 2. The van der Waals surface area contributed by atoms with Gasteiger partial charge in [0.15, 0.2) is 0 Å². The summed E-state index contributed by atoms with van der Waals surface area (Å²) >= 11 is 5.87. The first-order chi connectivity index (χ1) is 13.1. The number of amides is 1. The molecule has 0 bridgehead atoms. The Morgan fingerprint density at radius 2 is 1.96 bits per heavy atom. The van der Waals surface area contributed by atoms with Crippen LogP contribution in [0.3, 0.4) is 0 Å². The molecule has 3 rings (SSSR count). The van der Waals surface area contributed by atoms with Crippen LogP contribution >= 0.6 is 11.6 Å². The molecule has 1 aromatic heterocycles. The molecule has 0 saturated carbocycles. The van der Waals surface area contributed by atoms with Gasteiger partial charge in [-0.2, -0.15) is 5.10 Å². The SMILES string of the molecule is O=C(CCOc1ccc(F)cc1Cl)NCc1ccc(Cn2cccn2)cc1. The number of hydrogen-bond donors (Lipinski definition) is 1. The zero-order valence-electron chi connectivity index (χ0n) is 14.6. The van der Waals surface area contributed by atoms with Crippen molar-refractivity contribution in [2.75, 3.05) is 6.61 Å². The predicted octanol–water partition coefficient (Wildman–Crippen LogP) is 3.81. The van der Waals surface area contributed by atoms with Gasteiger partial charge in [-0.05, 0) is 35.4 Å². The number of benzene rings is 2. The third-order valence-corrected chi connectivity index (χ3v) is 4.19. The lowest BCUT2D eigenvalue weighted by atomic mass is 10.1. The molecule has 0 atom stereocenters. The van der Waals surface area contributed by atoms with Gasteiger partial charge in [0.1, 0.15) is 11.6 Å². The summed E-state index contributed by atoms with van der Waals surface area (Å²) in [6.45, 7) is 1.32. The van der Waals surface area contributed by atoms with Gasteiger partial charge in [-0.1, -0.05) is 35.9 Å². The topological polar surface area (TPSA) is 56.1 Å². The minimum Gasteiger partial charge on any atom is -0.491 e. The molecule has 3 aromatic rings. The Kier molecular flexibility index (Phi) is 6.44. The van der Waals surface area contributed by atoms with Crippen LogP contribution in [0.2, 0.25) is 5.02 Å². The fourth-order valence-corrected chi connectivity index (χ4v) is 2.70. The normalized spacial score (nSPS) is 10.6. The molecule has 0 aliphatic heterocycles. The fourth-order valence-electron chi connectivity index (χ4n) is 2.48. The van der Waals surface area contributed by atoms with E-state index in [4.69, 9.17) is 16.3 Å². The molecule has 27 heavy (non-hydrogen) atoms. The number of nitrogens with one attached hydrogen (secondary N) is 1. The van der Waals surface area contributed by atoms with E-state index in [2.05, 4.69) is 10.4 Å². The summed E-state index contributed by atoms with van der Waals surface area (Å²) in [5, 5.41) is 7.20. The Morgan fingerprint density at radius 3 is 2.67 bits per heavy atom. The van der Waals surface area contributed by atoms with Crippen LogP contribution in [0.15, 0.2) is 60.9 Å². The van der Waals surface area contributed by atoms with Crippen molar-refractivity contribution in [3.8, 4) is 5.75 Å². The quantitative estimate of drug-likeness (QED) is 0.639. The lowest BCUT2D eigenvalue weighted by Gasteiger charge is -2.09. The third kappa shape index (κ3) is 5.82. The van der Waals surface area contributed by atoms with Crippen LogP contribution in [0.4, 0.5) is 4.39 Å². The van der Waals surface area contributed by atoms with Crippen molar-refractivity contribution in [1.29, 1.82) is 0 Å². The van der Waals surface area contributed by atoms with Crippen LogP contribution in [0.25, 0.3) is 0 Å². The van der Waals surface area contributed by atoms with E-state index in [9.17, 15) is 9.18 Å². The molecule has 0 aliphatic rings. The van der Waals surface area contributed by atoms with E-state index in [0.717, 1.165) is 11.1 Å². The van der Waals surface area contributed by atoms with E-state index in [1.165, 1.54) is 18.2 Å². The first-order valence-corrected chi connectivity index (χ1v) is 8.88. The van der Waals surface area contributed by atoms with Crippen LogP contribution in [-0.4, -0.2) is 22.3 Å². The van der Waals surface area contributed by atoms with Crippen molar-refractivity contribution >= 4 is 17.5 Å². The highest BCUT2D eigenvalue weighted by molar-refractivity contribution is 6.32. The van der Waals surface area contributed by atoms with Gasteiger partial charge in [-0.15, -0.1) is 0 Å². The molecule has 5 nitrogen and oxygen atoms in total. The molecule has 140 valence electrons. The summed E-state index contributed by atoms with van der Waals surface area (Å²) in [5.41, 5.74) is 2.15. The van der Waals surface area contributed by atoms with Gasteiger partial charge in [-0.3, -0.25) is 9.48 Å². The summed E-state index contributed by atoms with van der Waals surface area (Å²) in [6.07, 6.45) is 3.85. The Balaban J connectivity index is 1.39. The second-order valence-electron chi connectivity index (χ2n) is 5.97. The number of carbonyl (C=O) groups is 1. The van der Waals surface area contributed by atoms with Crippen molar-refractivity contribution in [3.05, 3.63) is 82.9 Å². The Bertz CT molecular complexity index is 883. The van der Waals surface area contributed by atoms with Gasteiger partial charge < -0.3 is 10.1 Å². The molecule has 1 heterocycles. The number of carbonyl (C=O) groups excluding carboxylic acids is 1. The van der Waals surface area contributed by atoms with E-state index >= 15 is 0 Å². The average molecular weight is 388 g/mol. The first-order valence-electron chi connectivity index (χ1n) is 8.50. The van der Waals surface area contributed by atoms with Gasteiger partial charge in [0, 0.05) is 18.9 Å². The van der Waals surface area contributed by atoms with Crippen LogP contribution in [0.1, 0.15) is 17.5 Å². The van der Waals surface area contributed by atoms with E-state index in [0.29, 0.717) is 18.8 Å². The minimum atomic E-state index is -0.430. The van der Waals surface area contributed by atoms with Crippen molar-refractivity contribution in [1.82, 2.24) is 15.1 Å². The van der Waals surface area contributed by atoms with Crippen LogP contribution < -0.4 is 10.1 Å². The van der Waals surface area contributed by atoms with Crippen molar-refractivity contribution < 1.29 is 13.9 Å². The maximum Gasteiger partial charge on any atom is 0.223 e.